The normalized spacial score (nSPS) is 21.1. The molecule has 0 saturated carbocycles. The molecule has 0 aliphatic carbocycles. The Kier molecular flexibility index (Phi) is 4.96. The highest BCUT2D eigenvalue weighted by Gasteiger charge is 2.34. The van der Waals surface area contributed by atoms with E-state index < -0.39 is 18.2 Å². The number of unbranched alkanes of at least 4 members (excludes halogenated alkanes) is 1. The van der Waals surface area contributed by atoms with Crippen LogP contribution in [0.4, 0.5) is 0 Å². The lowest BCUT2D eigenvalue weighted by molar-refractivity contribution is -0.141. The summed E-state index contributed by atoms with van der Waals surface area (Å²) in [7, 11) is 0. The van der Waals surface area contributed by atoms with E-state index in [0.29, 0.717) is 5.75 Å². The Morgan fingerprint density at radius 3 is 3.05 bits per heavy atom. The Morgan fingerprint density at radius 1 is 1.45 bits per heavy atom. The molecule has 0 bridgehead atoms. The third-order valence-corrected chi connectivity index (χ3v) is 2.72. The number of benzene rings is 1. The lowest BCUT2D eigenvalue weighted by Crippen LogP contribution is -2.44. The highest BCUT2D eigenvalue weighted by Crippen LogP contribution is 2.15. The van der Waals surface area contributed by atoms with Gasteiger partial charge in [-0.15, -0.1) is 0 Å². The number of rotatable bonds is 4. The second-order valence-corrected chi connectivity index (χ2v) is 4.35. The fourth-order valence-corrected chi connectivity index (χ4v) is 1.72. The van der Waals surface area contributed by atoms with Gasteiger partial charge in [0, 0.05) is 12.0 Å². The van der Waals surface area contributed by atoms with Crippen LogP contribution < -0.4 is 21.1 Å². The van der Waals surface area contributed by atoms with E-state index in [1.807, 2.05) is 12.1 Å². The molecule has 1 saturated heterocycles. The highest BCUT2D eigenvalue weighted by atomic mass is 16.5. The Morgan fingerprint density at radius 2 is 2.30 bits per heavy atom. The van der Waals surface area contributed by atoms with Gasteiger partial charge in [-0.1, -0.05) is 24.8 Å². The van der Waals surface area contributed by atoms with Gasteiger partial charge in [-0.3, -0.25) is 4.79 Å². The first kappa shape index (κ1) is 14.3. The van der Waals surface area contributed by atoms with Gasteiger partial charge in [0.05, 0.1) is 0 Å². The Balaban J connectivity index is 2.05. The van der Waals surface area contributed by atoms with Gasteiger partial charge in [0.15, 0.2) is 12.3 Å². The molecule has 0 spiro atoms. The first-order valence-corrected chi connectivity index (χ1v) is 6.45. The van der Waals surface area contributed by atoms with Crippen LogP contribution in [0.5, 0.6) is 5.75 Å². The standard InChI is InChI=1S/C14H17N3O3/c1-2-3-4-6-10-7-5-8-11(9-10)20-13-12(14(18)19)15-17-16-13/h5,7-9,12-13,15-17H,2-3H2,1H3,(H,18,19). The molecular weight excluding hydrogens is 258 g/mol. The van der Waals surface area contributed by atoms with E-state index in [-0.39, 0.29) is 0 Å². The molecule has 1 aromatic rings. The lowest BCUT2D eigenvalue weighted by atomic mass is 10.2. The third-order valence-electron chi connectivity index (χ3n) is 2.72. The summed E-state index contributed by atoms with van der Waals surface area (Å²) in [5, 5.41) is 9.01. The molecule has 1 fully saturated rings. The first-order chi connectivity index (χ1) is 9.70. The van der Waals surface area contributed by atoms with Crippen LogP contribution >= 0.6 is 0 Å². The molecule has 1 heterocycles. The van der Waals surface area contributed by atoms with Crippen LogP contribution in [0.2, 0.25) is 0 Å². The first-order valence-electron chi connectivity index (χ1n) is 6.45. The fraction of sp³-hybridized carbons (Fsp3) is 0.357. The molecule has 6 nitrogen and oxygen atoms in total. The van der Waals surface area contributed by atoms with E-state index in [4.69, 9.17) is 9.84 Å². The number of ether oxygens (including phenoxy) is 1. The van der Waals surface area contributed by atoms with E-state index in [1.165, 1.54) is 0 Å². The maximum Gasteiger partial charge on any atom is 0.327 e. The number of nitrogens with one attached hydrogen (secondary N) is 3. The van der Waals surface area contributed by atoms with Gasteiger partial charge in [-0.2, -0.15) is 5.53 Å². The number of aliphatic carboxylic acids is 1. The molecule has 4 N–H and O–H groups in total. The van der Waals surface area contributed by atoms with E-state index in [1.54, 1.807) is 12.1 Å². The minimum absolute atomic E-state index is 0.572. The third kappa shape index (κ3) is 3.71. The summed E-state index contributed by atoms with van der Waals surface area (Å²) in [6.45, 7) is 2.08. The summed E-state index contributed by atoms with van der Waals surface area (Å²) in [6.07, 6.45) is 1.18. The molecule has 1 aliphatic rings. The van der Waals surface area contributed by atoms with Crippen LogP contribution in [-0.2, 0) is 4.79 Å². The van der Waals surface area contributed by atoms with E-state index in [9.17, 15) is 4.79 Å². The highest BCUT2D eigenvalue weighted by molar-refractivity contribution is 5.74. The predicted octanol–water partition coefficient (Wildman–Crippen LogP) is 0.609. The number of carbonyl (C=O) groups is 1. The number of hydrogen-bond donors (Lipinski definition) is 4. The molecule has 6 heteroatoms. The lowest BCUT2D eigenvalue weighted by Gasteiger charge is -2.16. The van der Waals surface area contributed by atoms with Gasteiger partial charge in [-0.25, -0.2) is 10.9 Å². The number of hydrazine groups is 2. The van der Waals surface area contributed by atoms with Crippen LogP contribution in [0.1, 0.15) is 25.3 Å². The Hall–Kier alpha value is -2.07. The van der Waals surface area contributed by atoms with Gasteiger partial charge in [0.1, 0.15) is 5.75 Å². The van der Waals surface area contributed by atoms with E-state index in [0.717, 1.165) is 18.4 Å². The van der Waals surface area contributed by atoms with Crippen molar-refractivity contribution in [3.8, 4) is 17.6 Å². The van der Waals surface area contributed by atoms with Crippen molar-refractivity contribution >= 4 is 5.97 Å². The summed E-state index contributed by atoms with van der Waals surface area (Å²) in [4.78, 5) is 11.0. The molecule has 2 rings (SSSR count). The molecule has 0 radical (unpaired) electrons. The van der Waals surface area contributed by atoms with Gasteiger partial charge in [0.2, 0.25) is 0 Å². The van der Waals surface area contributed by atoms with Crippen molar-refractivity contribution in [2.24, 2.45) is 0 Å². The molecular formula is C14H17N3O3. The van der Waals surface area contributed by atoms with Gasteiger partial charge in [0.25, 0.3) is 0 Å². The maximum absolute atomic E-state index is 11.0. The zero-order chi connectivity index (χ0) is 14.4. The maximum atomic E-state index is 11.0. The topological polar surface area (TPSA) is 82.6 Å². The molecule has 106 valence electrons. The molecule has 20 heavy (non-hydrogen) atoms. The minimum Gasteiger partial charge on any atom is -0.480 e. The summed E-state index contributed by atoms with van der Waals surface area (Å²) in [6, 6.07) is 6.43. The van der Waals surface area contributed by atoms with Crippen molar-refractivity contribution in [2.75, 3.05) is 0 Å². The van der Waals surface area contributed by atoms with Crippen LogP contribution in [0.3, 0.4) is 0 Å². The van der Waals surface area contributed by atoms with Crippen molar-refractivity contribution in [2.45, 2.75) is 32.0 Å². The largest absolute Gasteiger partial charge is 0.480 e. The van der Waals surface area contributed by atoms with Crippen LogP contribution in [0, 0.1) is 11.8 Å². The SMILES string of the molecule is CCCC#Cc1cccc(OC2NNNC2C(=O)O)c1. The second kappa shape index (κ2) is 6.91. The molecule has 1 aromatic carbocycles. The Bertz CT molecular complexity index is 536. The molecule has 0 amide bonds. The zero-order valence-electron chi connectivity index (χ0n) is 11.1. The summed E-state index contributed by atoms with van der Waals surface area (Å²) in [5.41, 5.74) is 8.67. The molecule has 2 unspecified atom stereocenters. The quantitative estimate of drug-likeness (QED) is 0.603. The minimum atomic E-state index is -0.994. The molecule has 1 aliphatic heterocycles. The second-order valence-electron chi connectivity index (χ2n) is 4.35. The van der Waals surface area contributed by atoms with E-state index >= 15 is 0 Å². The van der Waals surface area contributed by atoms with Gasteiger partial charge >= 0.3 is 5.97 Å². The fourth-order valence-electron chi connectivity index (χ4n) is 1.72. The van der Waals surface area contributed by atoms with Gasteiger partial charge < -0.3 is 9.84 Å². The Labute approximate surface area is 117 Å². The van der Waals surface area contributed by atoms with Crippen LogP contribution in [0.25, 0.3) is 0 Å². The van der Waals surface area contributed by atoms with E-state index in [2.05, 4.69) is 35.2 Å². The average molecular weight is 275 g/mol. The molecule has 0 aromatic heterocycles. The smallest absolute Gasteiger partial charge is 0.327 e. The van der Waals surface area contributed by atoms with Crippen molar-refractivity contribution in [1.29, 1.82) is 0 Å². The number of hydrogen-bond acceptors (Lipinski definition) is 5. The van der Waals surface area contributed by atoms with Crippen molar-refractivity contribution in [1.82, 2.24) is 16.4 Å². The summed E-state index contributed by atoms with van der Waals surface area (Å²) < 4.78 is 5.61. The average Bonchev–Trinajstić information content (AvgIpc) is 2.88. The van der Waals surface area contributed by atoms with Crippen molar-refractivity contribution < 1.29 is 14.6 Å². The monoisotopic (exact) mass is 275 g/mol. The zero-order valence-corrected chi connectivity index (χ0v) is 11.1. The summed E-state index contributed by atoms with van der Waals surface area (Å²) >= 11 is 0. The number of carboxylic acids is 1. The van der Waals surface area contributed by atoms with Crippen molar-refractivity contribution in [3.05, 3.63) is 29.8 Å². The predicted molar refractivity (Wildman–Crippen MR) is 73.5 cm³/mol. The van der Waals surface area contributed by atoms with Crippen LogP contribution in [-0.4, -0.2) is 23.3 Å². The summed E-state index contributed by atoms with van der Waals surface area (Å²) in [5.74, 6) is 5.68. The van der Waals surface area contributed by atoms with Crippen LogP contribution in [0.15, 0.2) is 24.3 Å². The van der Waals surface area contributed by atoms with Crippen molar-refractivity contribution in [3.63, 3.8) is 0 Å². The van der Waals surface area contributed by atoms with Gasteiger partial charge in [-0.05, 0) is 24.6 Å². The number of carboxylic acid groups (broad SMARTS) is 1. The molecule has 2 atom stereocenters.